The second kappa shape index (κ2) is 9.37. The second-order valence-corrected chi connectivity index (χ2v) is 9.27. The molecule has 1 saturated heterocycles. The molecule has 34 heavy (non-hydrogen) atoms. The number of nitrogens with zero attached hydrogens (tertiary/aromatic N) is 2. The van der Waals surface area contributed by atoms with Crippen molar-refractivity contribution in [3.8, 4) is 0 Å². The van der Waals surface area contributed by atoms with Gasteiger partial charge in [0, 0.05) is 47.7 Å². The average Bonchev–Trinajstić information content (AvgIpc) is 3.38. The third kappa shape index (κ3) is 4.88. The van der Waals surface area contributed by atoms with Crippen LogP contribution in [0.15, 0.2) is 41.6 Å². The predicted octanol–water partition coefficient (Wildman–Crippen LogP) is 5.25. The lowest BCUT2D eigenvalue weighted by atomic mass is 9.86. The Balaban J connectivity index is 1.52. The number of benzene rings is 2. The maximum absolute atomic E-state index is 14.2. The Hall–Kier alpha value is -2.33. The number of hydrogen-bond donors (Lipinski definition) is 1. The molecule has 1 N–H and O–H groups in total. The van der Waals surface area contributed by atoms with Crippen molar-refractivity contribution >= 4 is 34.8 Å². The van der Waals surface area contributed by atoms with Gasteiger partial charge >= 0.3 is 6.18 Å². The highest BCUT2D eigenvalue weighted by Crippen LogP contribution is 2.49. The molecule has 2 unspecified atom stereocenters. The Morgan fingerprint density at radius 2 is 1.94 bits per heavy atom. The van der Waals surface area contributed by atoms with Gasteiger partial charge in [0.05, 0.1) is 11.8 Å². The van der Waals surface area contributed by atoms with E-state index >= 15 is 0 Å². The van der Waals surface area contributed by atoms with E-state index in [1.54, 1.807) is 30.2 Å². The SMILES string of the molecule is Cc1cc(C2=NOC(c3cc(Cl)cc(Cl)c3)(C(F)(F)F)C2)ccc1C(=O)NCC1CCN(C)O1. The fraction of sp³-hybridized carbons (Fsp3) is 0.391. The number of oxime groups is 1. The molecule has 2 aliphatic rings. The normalized spacial score (nSPS) is 23.0. The number of hydrogen-bond acceptors (Lipinski definition) is 5. The quantitative estimate of drug-likeness (QED) is 0.590. The monoisotopic (exact) mass is 515 g/mol. The molecule has 1 fully saturated rings. The Labute approximate surface area is 204 Å². The summed E-state index contributed by atoms with van der Waals surface area (Å²) in [5.74, 6) is -0.287. The van der Waals surface area contributed by atoms with Gasteiger partial charge in [-0.05, 0) is 54.8 Å². The van der Waals surface area contributed by atoms with Crippen LogP contribution in [0.1, 0.15) is 39.9 Å². The van der Waals surface area contributed by atoms with Crippen LogP contribution in [0.2, 0.25) is 10.0 Å². The number of aryl methyl sites for hydroxylation is 1. The highest BCUT2D eigenvalue weighted by Gasteiger charge is 2.62. The van der Waals surface area contributed by atoms with Crippen molar-refractivity contribution in [2.75, 3.05) is 20.1 Å². The van der Waals surface area contributed by atoms with Crippen LogP contribution < -0.4 is 5.32 Å². The van der Waals surface area contributed by atoms with Crippen LogP contribution in [0.25, 0.3) is 0 Å². The summed E-state index contributed by atoms with van der Waals surface area (Å²) in [5, 5.41) is 8.44. The van der Waals surface area contributed by atoms with Gasteiger partial charge in [0.15, 0.2) is 0 Å². The van der Waals surface area contributed by atoms with Crippen LogP contribution in [0.4, 0.5) is 13.2 Å². The number of carbonyl (C=O) groups is 1. The van der Waals surface area contributed by atoms with E-state index in [-0.39, 0.29) is 33.3 Å². The molecule has 2 aromatic rings. The molecule has 2 aromatic carbocycles. The van der Waals surface area contributed by atoms with E-state index < -0.39 is 18.2 Å². The zero-order chi connectivity index (χ0) is 24.7. The number of hydroxylamine groups is 2. The number of rotatable bonds is 5. The third-order valence-electron chi connectivity index (χ3n) is 5.90. The third-order valence-corrected chi connectivity index (χ3v) is 6.34. The maximum atomic E-state index is 14.2. The minimum Gasteiger partial charge on any atom is -0.374 e. The molecule has 6 nitrogen and oxygen atoms in total. The van der Waals surface area contributed by atoms with Gasteiger partial charge in [0.2, 0.25) is 0 Å². The van der Waals surface area contributed by atoms with Gasteiger partial charge in [-0.2, -0.15) is 18.2 Å². The molecule has 0 spiro atoms. The van der Waals surface area contributed by atoms with E-state index in [0.717, 1.165) is 13.0 Å². The van der Waals surface area contributed by atoms with Crippen molar-refractivity contribution in [1.82, 2.24) is 10.4 Å². The van der Waals surface area contributed by atoms with E-state index in [0.29, 0.717) is 23.2 Å². The summed E-state index contributed by atoms with van der Waals surface area (Å²) in [6.45, 7) is 2.86. The van der Waals surface area contributed by atoms with E-state index in [9.17, 15) is 18.0 Å². The minimum absolute atomic E-state index is 0.0593. The fourth-order valence-electron chi connectivity index (χ4n) is 4.07. The van der Waals surface area contributed by atoms with E-state index in [1.807, 2.05) is 7.05 Å². The molecular formula is C23H22Cl2F3N3O3. The highest BCUT2D eigenvalue weighted by molar-refractivity contribution is 6.34. The molecule has 1 amide bonds. The number of nitrogens with one attached hydrogen (secondary N) is 1. The van der Waals surface area contributed by atoms with Gasteiger partial charge in [0.1, 0.15) is 0 Å². The first-order chi connectivity index (χ1) is 16.0. The number of alkyl halides is 3. The lowest BCUT2D eigenvalue weighted by molar-refractivity contribution is -0.275. The summed E-state index contributed by atoms with van der Waals surface area (Å²) in [6.07, 6.45) is -4.62. The number of amides is 1. The standard InChI is InChI=1S/C23H22Cl2F3N3O3/c1-13-7-14(3-4-19(13)21(32)29-12-18-5-6-31(2)33-18)20-11-22(34-30-20,23(26,27)28)15-8-16(24)10-17(25)9-15/h3-4,7-10,18H,5-6,11-12H2,1-2H3,(H,29,32). The van der Waals surface area contributed by atoms with Crippen LogP contribution in [0.5, 0.6) is 0 Å². The van der Waals surface area contributed by atoms with Gasteiger partial charge in [-0.3, -0.25) is 9.63 Å². The van der Waals surface area contributed by atoms with E-state index in [1.165, 1.54) is 18.2 Å². The van der Waals surface area contributed by atoms with E-state index in [2.05, 4.69) is 10.5 Å². The molecule has 0 bridgehead atoms. The van der Waals surface area contributed by atoms with Crippen molar-refractivity contribution in [3.05, 3.63) is 68.7 Å². The number of carbonyl (C=O) groups excluding carboxylic acids is 1. The van der Waals surface area contributed by atoms with Crippen LogP contribution in [0, 0.1) is 6.92 Å². The molecule has 182 valence electrons. The van der Waals surface area contributed by atoms with Crippen molar-refractivity contribution in [3.63, 3.8) is 0 Å². The zero-order valence-corrected chi connectivity index (χ0v) is 19.9. The Morgan fingerprint density at radius 3 is 2.53 bits per heavy atom. The van der Waals surface area contributed by atoms with Crippen LogP contribution in [-0.4, -0.2) is 49.1 Å². The summed E-state index contributed by atoms with van der Waals surface area (Å²) in [5.41, 5.74) is -1.41. The Kier molecular flexibility index (Phi) is 6.83. The van der Waals surface area contributed by atoms with E-state index in [4.69, 9.17) is 32.9 Å². The Morgan fingerprint density at radius 1 is 1.24 bits per heavy atom. The van der Waals surface area contributed by atoms with Gasteiger partial charge in [-0.1, -0.05) is 34.4 Å². The fourth-order valence-corrected chi connectivity index (χ4v) is 4.60. The summed E-state index contributed by atoms with van der Waals surface area (Å²) < 4.78 is 42.6. The first kappa shape index (κ1) is 24.8. The van der Waals surface area contributed by atoms with Gasteiger partial charge < -0.3 is 10.2 Å². The smallest absolute Gasteiger partial charge is 0.374 e. The summed E-state index contributed by atoms with van der Waals surface area (Å²) in [6, 6.07) is 8.43. The minimum atomic E-state index is -4.78. The average molecular weight is 516 g/mol. The molecular weight excluding hydrogens is 494 g/mol. The molecule has 0 aromatic heterocycles. The molecule has 2 atom stereocenters. The van der Waals surface area contributed by atoms with Crippen molar-refractivity contribution in [2.45, 2.75) is 37.6 Å². The van der Waals surface area contributed by atoms with Crippen LogP contribution >= 0.6 is 23.2 Å². The lowest BCUT2D eigenvalue weighted by Crippen LogP contribution is -2.42. The predicted molar refractivity (Wildman–Crippen MR) is 122 cm³/mol. The van der Waals surface area contributed by atoms with Gasteiger partial charge in [-0.15, -0.1) is 0 Å². The van der Waals surface area contributed by atoms with Gasteiger partial charge in [-0.25, -0.2) is 0 Å². The molecule has 0 saturated carbocycles. The molecule has 4 rings (SSSR count). The van der Waals surface area contributed by atoms with Crippen molar-refractivity contribution < 1.29 is 27.6 Å². The summed E-state index contributed by atoms with van der Waals surface area (Å²) in [7, 11) is 1.83. The molecule has 11 heteroatoms. The lowest BCUT2D eigenvalue weighted by Gasteiger charge is -2.29. The maximum Gasteiger partial charge on any atom is 0.435 e. The van der Waals surface area contributed by atoms with Crippen molar-refractivity contribution in [1.29, 1.82) is 0 Å². The number of halogens is 5. The van der Waals surface area contributed by atoms with Crippen LogP contribution in [0.3, 0.4) is 0 Å². The first-order valence-corrected chi connectivity index (χ1v) is 11.3. The summed E-state index contributed by atoms with van der Waals surface area (Å²) in [4.78, 5) is 23.2. The zero-order valence-electron chi connectivity index (χ0n) is 18.4. The first-order valence-electron chi connectivity index (χ1n) is 10.5. The van der Waals surface area contributed by atoms with Gasteiger partial charge in [0.25, 0.3) is 11.5 Å². The van der Waals surface area contributed by atoms with Crippen molar-refractivity contribution in [2.24, 2.45) is 5.16 Å². The second-order valence-electron chi connectivity index (χ2n) is 8.40. The molecule has 2 heterocycles. The molecule has 0 radical (unpaired) electrons. The topological polar surface area (TPSA) is 63.2 Å². The van der Waals surface area contributed by atoms with Crippen LogP contribution in [-0.2, 0) is 15.3 Å². The largest absolute Gasteiger partial charge is 0.435 e. The Bertz CT molecular complexity index is 1120. The molecule has 0 aliphatic carbocycles. The summed E-state index contributed by atoms with van der Waals surface area (Å²) >= 11 is 11.9. The molecule has 2 aliphatic heterocycles. The highest BCUT2D eigenvalue weighted by atomic mass is 35.5.